The van der Waals surface area contributed by atoms with Crippen LogP contribution in [0.3, 0.4) is 0 Å². The summed E-state index contributed by atoms with van der Waals surface area (Å²) in [6.45, 7) is 0.471. The van der Waals surface area contributed by atoms with Gasteiger partial charge in [0, 0.05) is 0 Å². The summed E-state index contributed by atoms with van der Waals surface area (Å²) in [4.78, 5) is 3.93. The van der Waals surface area contributed by atoms with Crippen LogP contribution in [0.25, 0.3) is 0 Å². The van der Waals surface area contributed by atoms with E-state index in [0.717, 1.165) is 6.07 Å². The molecule has 1 aromatic carbocycles. The van der Waals surface area contributed by atoms with Gasteiger partial charge in [-0.25, -0.2) is 4.99 Å². The number of ether oxygens (including phenoxy) is 1. The van der Waals surface area contributed by atoms with Gasteiger partial charge in [0.1, 0.15) is 6.61 Å². The third kappa shape index (κ3) is 3.22. The molecule has 5 heteroatoms. The molecule has 0 aliphatic carbocycles. The second-order valence-electron chi connectivity index (χ2n) is 3.92. The monoisotopic (exact) mass is 242 g/mol. The maximum absolute atomic E-state index is 12.5. The van der Waals surface area contributed by atoms with E-state index in [0.29, 0.717) is 25.0 Å². The van der Waals surface area contributed by atoms with Gasteiger partial charge >= 0.3 is 6.18 Å². The summed E-state index contributed by atoms with van der Waals surface area (Å²) >= 11 is 0. The molecule has 91 valence electrons. The summed E-state index contributed by atoms with van der Waals surface area (Å²) in [5, 5.41) is 0. The fourth-order valence-electron chi connectivity index (χ4n) is 1.67. The van der Waals surface area contributed by atoms with Crippen molar-refractivity contribution in [2.24, 2.45) is 4.99 Å². The first-order valence-corrected chi connectivity index (χ1v) is 5.28. The molecule has 1 aliphatic heterocycles. The maximum Gasteiger partial charge on any atom is 0.416 e. The van der Waals surface area contributed by atoms with Crippen LogP contribution in [-0.2, 0) is 17.3 Å². The molecule has 1 heterocycles. The number of hydrogen-bond donors (Lipinski definition) is 0. The van der Waals surface area contributed by atoms with E-state index in [4.69, 9.17) is 4.74 Å². The molecule has 2 nitrogen and oxygen atoms in total. The number of benzene rings is 1. The third-order valence-corrected chi connectivity index (χ3v) is 2.60. The first kappa shape index (κ1) is 12.0. The zero-order valence-corrected chi connectivity index (χ0v) is 9.00. The van der Waals surface area contributed by atoms with Crippen molar-refractivity contribution < 1.29 is 17.9 Å². The number of aryl methyl sites for hydroxylation is 1. The van der Waals surface area contributed by atoms with Crippen molar-refractivity contribution in [3.05, 3.63) is 35.4 Å². The van der Waals surface area contributed by atoms with E-state index < -0.39 is 11.7 Å². The molecular formula is C12H11F3NO. The quantitative estimate of drug-likeness (QED) is 0.798. The molecule has 1 radical (unpaired) electrons. The van der Waals surface area contributed by atoms with Crippen LogP contribution < -0.4 is 0 Å². The normalized spacial score (nSPS) is 19.4. The molecule has 0 aromatic heterocycles. The summed E-state index contributed by atoms with van der Waals surface area (Å²) in [6, 6.07) is 5.40. The van der Waals surface area contributed by atoms with Crippen molar-refractivity contribution in [2.45, 2.75) is 25.1 Å². The molecular weight excluding hydrogens is 231 g/mol. The molecule has 1 aromatic rings. The zero-order valence-electron chi connectivity index (χ0n) is 9.00. The van der Waals surface area contributed by atoms with Crippen LogP contribution in [0, 0.1) is 0 Å². The van der Waals surface area contributed by atoms with E-state index in [1.54, 1.807) is 6.07 Å². The number of aliphatic imine (C=N–C) groups is 1. The van der Waals surface area contributed by atoms with Crippen molar-refractivity contribution in [1.82, 2.24) is 0 Å². The lowest BCUT2D eigenvalue weighted by atomic mass is 10.0. The van der Waals surface area contributed by atoms with Crippen LogP contribution in [0.1, 0.15) is 17.5 Å². The predicted molar refractivity (Wildman–Crippen MR) is 56.9 cm³/mol. The lowest BCUT2D eigenvalue weighted by molar-refractivity contribution is -0.137. The predicted octanol–water partition coefficient (Wildman–Crippen LogP) is 2.94. The average molecular weight is 242 g/mol. The first-order valence-electron chi connectivity index (χ1n) is 5.28. The Morgan fingerprint density at radius 1 is 1.41 bits per heavy atom. The largest absolute Gasteiger partial charge is 0.472 e. The molecule has 1 atom stereocenters. The first-order chi connectivity index (χ1) is 8.05. The lowest BCUT2D eigenvalue weighted by Crippen LogP contribution is -2.09. The van der Waals surface area contributed by atoms with Crippen molar-refractivity contribution >= 4 is 6.40 Å². The van der Waals surface area contributed by atoms with Gasteiger partial charge in [0.05, 0.1) is 11.6 Å². The Labute approximate surface area is 97.1 Å². The second-order valence-corrected chi connectivity index (χ2v) is 3.92. The minimum Gasteiger partial charge on any atom is -0.472 e. The Morgan fingerprint density at radius 2 is 2.24 bits per heavy atom. The average Bonchev–Trinajstić information content (AvgIpc) is 2.78. The molecule has 0 N–H and O–H groups in total. The Kier molecular flexibility index (Phi) is 3.36. The van der Waals surface area contributed by atoms with Crippen LogP contribution in [0.2, 0.25) is 0 Å². The third-order valence-electron chi connectivity index (χ3n) is 2.60. The van der Waals surface area contributed by atoms with Crippen LogP contribution in [0.4, 0.5) is 13.2 Å². The fraction of sp³-hybridized carbons (Fsp3) is 0.417. The zero-order chi connectivity index (χ0) is 12.3. The van der Waals surface area contributed by atoms with Gasteiger partial charge in [-0.05, 0) is 24.5 Å². The fourth-order valence-corrected chi connectivity index (χ4v) is 1.67. The van der Waals surface area contributed by atoms with Gasteiger partial charge in [0.2, 0.25) is 0 Å². The van der Waals surface area contributed by atoms with Gasteiger partial charge in [0.25, 0.3) is 6.40 Å². The molecule has 0 fully saturated rings. The van der Waals surface area contributed by atoms with E-state index in [1.807, 2.05) is 0 Å². The van der Waals surface area contributed by atoms with E-state index in [9.17, 15) is 13.2 Å². The Bertz CT molecular complexity index is 414. The van der Waals surface area contributed by atoms with E-state index in [2.05, 4.69) is 11.4 Å². The molecule has 2 rings (SSSR count). The highest BCUT2D eigenvalue weighted by molar-refractivity contribution is 5.48. The molecule has 17 heavy (non-hydrogen) atoms. The Balaban J connectivity index is 1.98. The minimum atomic E-state index is -4.28. The molecule has 1 unspecified atom stereocenters. The molecule has 0 bridgehead atoms. The van der Waals surface area contributed by atoms with E-state index in [-0.39, 0.29) is 6.04 Å². The number of alkyl halides is 3. The van der Waals surface area contributed by atoms with Gasteiger partial charge in [-0.3, -0.25) is 0 Å². The number of hydrogen-bond acceptors (Lipinski definition) is 2. The maximum atomic E-state index is 12.5. The Morgan fingerprint density at radius 3 is 2.88 bits per heavy atom. The van der Waals surface area contributed by atoms with Crippen molar-refractivity contribution in [1.29, 1.82) is 0 Å². The summed E-state index contributed by atoms with van der Waals surface area (Å²) < 4.78 is 42.2. The standard InChI is InChI=1S/C12H11F3NO/c13-12(14,15)10-3-1-2-9(6-10)4-5-11-7-17-8-16-11/h1-3,6,11H,4-5,7H2. The van der Waals surface area contributed by atoms with E-state index >= 15 is 0 Å². The summed E-state index contributed by atoms with van der Waals surface area (Å²) in [5.41, 5.74) is 0.0645. The second kappa shape index (κ2) is 4.77. The van der Waals surface area contributed by atoms with Gasteiger partial charge in [-0.2, -0.15) is 13.2 Å². The van der Waals surface area contributed by atoms with Crippen LogP contribution in [0.15, 0.2) is 29.3 Å². The minimum absolute atomic E-state index is 0.0181. The van der Waals surface area contributed by atoms with Crippen LogP contribution in [0.5, 0.6) is 0 Å². The highest BCUT2D eigenvalue weighted by Gasteiger charge is 2.30. The highest BCUT2D eigenvalue weighted by atomic mass is 19.4. The van der Waals surface area contributed by atoms with Crippen molar-refractivity contribution in [3.63, 3.8) is 0 Å². The van der Waals surface area contributed by atoms with Crippen LogP contribution >= 0.6 is 0 Å². The molecule has 0 amide bonds. The molecule has 1 aliphatic rings. The topological polar surface area (TPSA) is 21.6 Å². The highest BCUT2D eigenvalue weighted by Crippen LogP contribution is 2.29. The Hall–Kier alpha value is -1.52. The SMILES string of the molecule is FC(F)(F)c1cccc(CCC2CO[C]=N2)c1. The summed E-state index contributed by atoms with van der Waals surface area (Å²) in [5.74, 6) is 0. The van der Waals surface area contributed by atoms with Crippen molar-refractivity contribution in [2.75, 3.05) is 6.61 Å². The van der Waals surface area contributed by atoms with Gasteiger partial charge in [-0.15, -0.1) is 0 Å². The van der Waals surface area contributed by atoms with Gasteiger partial charge in [-0.1, -0.05) is 18.2 Å². The number of nitrogens with zero attached hydrogens (tertiary/aromatic N) is 1. The molecule has 0 spiro atoms. The number of rotatable bonds is 3. The molecule has 0 saturated carbocycles. The summed E-state index contributed by atoms with van der Waals surface area (Å²) in [7, 11) is 0. The smallest absolute Gasteiger partial charge is 0.416 e. The number of halogens is 3. The summed E-state index contributed by atoms with van der Waals surface area (Å²) in [6.07, 6.45) is -0.657. The van der Waals surface area contributed by atoms with Gasteiger partial charge < -0.3 is 4.74 Å². The van der Waals surface area contributed by atoms with E-state index in [1.165, 1.54) is 12.1 Å². The lowest BCUT2D eigenvalue weighted by Gasteiger charge is -2.09. The van der Waals surface area contributed by atoms with Crippen LogP contribution in [-0.4, -0.2) is 19.0 Å². The molecule has 0 saturated heterocycles. The van der Waals surface area contributed by atoms with Gasteiger partial charge in [0.15, 0.2) is 0 Å². The van der Waals surface area contributed by atoms with Crippen molar-refractivity contribution in [3.8, 4) is 0 Å².